The van der Waals surface area contributed by atoms with Gasteiger partial charge in [-0.05, 0) is 134 Å². The van der Waals surface area contributed by atoms with Crippen molar-refractivity contribution in [3.05, 3.63) is 236 Å². The average Bonchev–Trinajstić information content (AvgIpc) is 4.08. The summed E-state index contributed by atoms with van der Waals surface area (Å²) in [4.78, 5) is 4.72. The molecular weight excluding hydrogens is 731 g/mol. The zero-order chi connectivity index (χ0) is 40.1. The van der Waals surface area contributed by atoms with Gasteiger partial charge in [0.15, 0.2) is 0 Å². The minimum atomic E-state index is 0.892. The lowest BCUT2D eigenvalue weighted by Crippen LogP contribution is -1.96. The molecule has 0 N–H and O–H groups in total. The van der Waals surface area contributed by atoms with E-state index in [1.54, 1.807) is 12.4 Å². The first kappa shape index (κ1) is 36.5. The number of aromatic nitrogens is 5. The predicted molar refractivity (Wildman–Crippen MR) is 245 cm³/mol. The monoisotopic (exact) mass is 771 g/mol. The van der Waals surface area contributed by atoms with E-state index in [4.69, 9.17) is 4.98 Å². The highest BCUT2D eigenvalue weighted by atomic mass is 15.3. The maximum absolute atomic E-state index is 4.72. The quantitative estimate of drug-likeness (QED) is 0.132. The Morgan fingerprint density at radius 3 is 1.32 bits per heavy atom. The second-order valence-electron chi connectivity index (χ2n) is 15.0. The van der Waals surface area contributed by atoms with E-state index in [1.807, 2.05) is 46.2 Å². The molecule has 0 spiro atoms. The molecule has 10 aromatic rings. The van der Waals surface area contributed by atoms with E-state index in [2.05, 4.69) is 186 Å². The first-order chi connectivity index (χ1) is 29.7. The van der Waals surface area contributed by atoms with E-state index < -0.39 is 0 Å². The number of pyridine rings is 1. The molecule has 5 heteroatoms. The zero-order valence-corrected chi connectivity index (χ0v) is 33.0. The lowest BCUT2D eigenvalue weighted by molar-refractivity contribution is 0.881. The second-order valence-corrected chi connectivity index (χ2v) is 15.0. The van der Waals surface area contributed by atoms with Crippen LogP contribution in [0.4, 0.5) is 0 Å². The largest absolute Gasteiger partial charge is 0.256 e. The summed E-state index contributed by atoms with van der Waals surface area (Å²) in [5.74, 6) is 0. The van der Waals surface area contributed by atoms with Gasteiger partial charge in [-0.2, -0.15) is 10.2 Å². The lowest BCUT2D eigenvalue weighted by atomic mass is 9.88. The molecule has 0 bridgehead atoms. The van der Waals surface area contributed by atoms with Gasteiger partial charge in [0.05, 0.1) is 17.1 Å². The van der Waals surface area contributed by atoms with E-state index in [1.165, 1.54) is 55.6 Å². The van der Waals surface area contributed by atoms with E-state index in [0.29, 0.717) is 0 Å². The van der Waals surface area contributed by atoms with Gasteiger partial charge in [-0.1, -0.05) is 140 Å². The normalized spacial score (nSPS) is 11.1. The molecule has 0 aliphatic carbocycles. The summed E-state index contributed by atoms with van der Waals surface area (Å²) in [6, 6.07) is 69.5. The van der Waals surface area contributed by atoms with Crippen molar-refractivity contribution in [3.8, 4) is 78.3 Å². The molecule has 0 unspecified atom stereocenters. The van der Waals surface area contributed by atoms with Gasteiger partial charge in [-0.3, -0.25) is 4.98 Å². The Hall–Kier alpha value is -7.89. The van der Waals surface area contributed by atoms with Crippen molar-refractivity contribution in [1.29, 1.82) is 0 Å². The van der Waals surface area contributed by atoms with Crippen LogP contribution < -0.4 is 0 Å². The number of hydrogen-bond acceptors (Lipinski definition) is 3. The van der Waals surface area contributed by atoms with Crippen LogP contribution in [0.15, 0.2) is 225 Å². The predicted octanol–water partition coefficient (Wildman–Crippen LogP) is 13.2. The molecule has 0 amide bonds. The van der Waals surface area contributed by atoms with Crippen LogP contribution in [-0.4, -0.2) is 24.5 Å². The smallest absolute Gasteiger partial charge is 0.0708 e. The van der Waals surface area contributed by atoms with E-state index in [9.17, 15) is 0 Å². The summed E-state index contributed by atoms with van der Waals surface area (Å²) in [6.07, 6.45) is 11.3. The molecule has 0 aliphatic heterocycles. The molecule has 3 aromatic heterocycles. The Morgan fingerprint density at radius 1 is 0.317 bits per heavy atom. The minimum Gasteiger partial charge on any atom is -0.256 e. The fourth-order valence-electron chi connectivity index (χ4n) is 8.08. The van der Waals surface area contributed by atoms with Crippen LogP contribution >= 0.6 is 0 Å². The maximum atomic E-state index is 4.72. The Morgan fingerprint density at radius 2 is 0.800 bits per heavy atom. The number of hydrogen-bond donors (Lipinski definition) is 0. The molecule has 0 saturated carbocycles. The summed E-state index contributed by atoms with van der Waals surface area (Å²) in [6.45, 7) is 0. The number of aryl methyl sites for hydroxylation is 2. The van der Waals surface area contributed by atoms with Crippen LogP contribution in [-0.2, 0) is 12.8 Å². The van der Waals surface area contributed by atoms with Crippen molar-refractivity contribution in [1.82, 2.24) is 24.5 Å². The van der Waals surface area contributed by atoms with Crippen LogP contribution in [0.3, 0.4) is 0 Å². The van der Waals surface area contributed by atoms with Gasteiger partial charge in [-0.25, -0.2) is 9.36 Å². The molecular formula is C55H41N5. The lowest BCUT2D eigenvalue weighted by Gasteiger charge is -2.17. The number of rotatable bonds is 11. The molecule has 5 nitrogen and oxygen atoms in total. The highest BCUT2D eigenvalue weighted by Crippen LogP contribution is 2.39. The van der Waals surface area contributed by atoms with Crippen molar-refractivity contribution in [2.75, 3.05) is 0 Å². The summed E-state index contributed by atoms with van der Waals surface area (Å²) < 4.78 is 3.78. The summed E-state index contributed by atoms with van der Waals surface area (Å²) in [5.41, 5.74) is 18.6. The van der Waals surface area contributed by atoms with Crippen molar-refractivity contribution in [2.45, 2.75) is 12.8 Å². The molecule has 286 valence electrons. The van der Waals surface area contributed by atoms with Gasteiger partial charge >= 0.3 is 0 Å². The van der Waals surface area contributed by atoms with Crippen molar-refractivity contribution in [3.63, 3.8) is 0 Å². The van der Waals surface area contributed by atoms with Crippen LogP contribution in [0, 0.1) is 0 Å². The molecule has 7 aromatic carbocycles. The third-order valence-corrected chi connectivity index (χ3v) is 11.2. The minimum absolute atomic E-state index is 0.892. The van der Waals surface area contributed by atoms with Gasteiger partial charge < -0.3 is 0 Å². The van der Waals surface area contributed by atoms with E-state index >= 15 is 0 Å². The molecule has 0 atom stereocenters. The van der Waals surface area contributed by atoms with Crippen LogP contribution in [0.1, 0.15) is 11.1 Å². The summed E-state index contributed by atoms with van der Waals surface area (Å²) in [7, 11) is 0. The van der Waals surface area contributed by atoms with E-state index in [-0.39, 0.29) is 0 Å². The fraction of sp³-hybridized carbons (Fsp3) is 0.0364. The van der Waals surface area contributed by atoms with Crippen molar-refractivity contribution >= 4 is 0 Å². The Balaban J connectivity index is 0.997. The summed E-state index contributed by atoms with van der Waals surface area (Å²) in [5, 5.41) is 8.86. The Labute approximate surface area is 350 Å². The molecule has 0 fully saturated rings. The van der Waals surface area contributed by atoms with Gasteiger partial charge in [0.25, 0.3) is 0 Å². The van der Waals surface area contributed by atoms with Crippen LogP contribution in [0.5, 0.6) is 0 Å². The molecule has 10 rings (SSSR count). The molecule has 0 saturated heterocycles. The SMILES string of the molecule is c1ccc(-c2ccnc(-c3ccc(CCc4cc(-c5ccccc5-c5ccc(-n6cccn6)cc5)cc(-c5ccccc5-c5ccc(-n6cccn6)cc5)c4)cc3)c2)cc1. The molecule has 0 aliphatic rings. The Kier molecular flexibility index (Phi) is 10.0. The fourth-order valence-corrected chi connectivity index (χ4v) is 8.08. The third kappa shape index (κ3) is 7.72. The van der Waals surface area contributed by atoms with Crippen molar-refractivity contribution in [2.24, 2.45) is 0 Å². The maximum Gasteiger partial charge on any atom is 0.0708 e. The van der Waals surface area contributed by atoms with Crippen molar-refractivity contribution < 1.29 is 0 Å². The molecule has 3 heterocycles. The highest BCUT2D eigenvalue weighted by molar-refractivity contribution is 5.89. The van der Waals surface area contributed by atoms with Crippen LogP contribution in [0.25, 0.3) is 78.3 Å². The molecule has 60 heavy (non-hydrogen) atoms. The van der Waals surface area contributed by atoms with Gasteiger partial charge in [0.2, 0.25) is 0 Å². The van der Waals surface area contributed by atoms with Gasteiger partial charge in [0, 0.05) is 36.5 Å². The molecule has 0 radical (unpaired) electrons. The van der Waals surface area contributed by atoms with Crippen LogP contribution in [0.2, 0.25) is 0 Å². The number of benzene rings is 7. The topological polar surface area (TPSA) is 48.5 Å². The standard InChI is InChI=1S/C55H41N5/c1-2-10-42(11-3-1)46-30-33-56-55(39-46)45-20-18-40(19-21-45)16-17-41-36-47(53-14-6-4-12-51(53)43-22-26-49(27-23-43)59-34-8-31-57-59)38-48(37-41)54-15-7-5-13-52(54)44-24-28-50(29-25-44)60-35-9-32-58-60/h1-15,18-39H,16-17H2. The Bertz CT molecular complexity index is 2850. The first-order valence-electron chi connectivity index (χ1n) is 20.4. The van der Waals surface area contributed by atoms with Gasteiger partial charge in [-0.15, -0.1) is 0 Å². The second kappa shape index (κ2) is 16.5. The summed E-state index contributed by atoms with van der Waals surface area (Å²) >= 11 is 0. The first-order valence-corrected chi connectivity index (χ1v) is 20.4. The van der Waals surface area contributed by atoms with Gasteiger partial charge in [0.1, 0.15) is 0 Å². The average molecular weight is 772 g/mol. The highest BCUT2D eigenvalue weighted by Gasteiger charge is 2.14. The van der Waals surface area contributed by atoms with E-state index in [0.717, 1.165) is 46.6 Å². The number of nitrogens with zero attached hydrogens (tertiary/aromatic N) is 5. The zero-order valence-electron chi connectivity index (χ0n) is 33.0. The third-order valence-electron chi connectivity index (χ3n) is 11.2.